The van der Waals surface area contributed by atoms with Gasteiger partial charge in [-0.15, -0.1) is 0 Å². The molecular formula is C15H17F3N4OS. The van der Waals surface area contributed by atoms with Gasteiger partial charge in [0, 0.05) is 32.4 Å². The lowest BCUT2D eigenvalue weighted by Crippen LogP contribution is -2.36. The number of hydrogen-bond acceptors (Lipinski definition) is 4. The molecule has 0 unspecified atom stereocenters. The minimum atomic E-state index is -4.39. The van der Waals surface area contributed by atoms with E-state index in [1.165, 1.54) is 12.3 Å². The predicted octanol–water partition coefficient (Wildman–Crippen LogP) is 2.95. The first-order valence-corrected chi connectivity index (χ1v) is 8.00. The number of guanidine groups is 1. The fourth-order valence-electron chi connectivity index (χ4n) is 1.78. The molecule has 2 N–H and O–H groups in total. The fraction of sp³-hybridized carbons (Fsp3) is 0.333. The normalized spacial score (nSPS) is 12.1. The largest absolute Gasteiger partial charge is 0.468 e. The summed E-state index contributed by atoms with van der Waals surface area (Å²) >= 11 is 1.62. The molecule has 130 valence electrons. The van der Waals surface area contributed by atoms with Crippen molar-refractivity contribution in [3.8, 4) is 5.88 Å². The Bertz CT molecular complexity index is 659. The van der Waals surface area contributed by atoms with E-state index in [4.69, 9.17) is 0 Å². The number of nitrogens with zero attached hydrogens (tertiary/aromatic N) is 2. The third-order valence-corrected chi connectivity index (χ3v) is 3.64. The monoisotopic (exact) mass is 358 g/mol. The van der Waals surface area contributed by atoms with Crippen LogP contribution in [0.15, 0.2) is 40.1 Å². The Morgan fingerprint density at radius 1 is 1.25 bits per heavy atom. The van der Waals surface area contributed by atoms with Crippen molar-refractivity contribution in [1.82, 2.24) is 15.6 Å². The number of aromatic nitrogens is 1. The Hall–Kier alpha value is -2.29. The Kier molecular flexibility index (Phi) is 6.42. The fourth-order valence-corrected chi connectivity index (χ4v) is 2.45. The van der Waals surface area contributed by atoms with Crippen LogP contribution in [0.2, 0.25) is 0 Å². The molecule has 0 atom stereocenters. The molecule has 2 rings (SSSR count). The minimum absolute atomic E-state index is 0.0622. The van der Waals surface area contributed by atoms with E-state index < -0.39 is 12.8 Å². The average Bonchev–Trinajstić information content (AvgIpc) is 3.06. The van der Waals surface area contributed by atoms with Crippen LogP contribution in [0, 0.1) is 0 Å². The van der Waals surface area contributed by atoms with E-state index in [1.807, 2.05) is 16.8 Å². The molecule has 9 heteroatoms. The second-order valence-electron chi connectivity index (χ2n) is 4.82. The summed E-state index contributed by atoms with van der Waals surface area (Å²) in [5.41, 5.74) is 1.88. The highest BCUT2D eigenvalue weighted by atomic mass is 32.1. The third-order valence-electron chi connectivity index (χ3n) is 2.91. The van der Waals surface area contributed by atoms with Crippen LogP contribution in [0.25, 0.3) is 0 Å². The van der Waals surface area contributed by atoms with Crippen molar-refractivity contribution in [2.45, 2.75) is 19.3 Å². The first-order chi connectivity index (χ1) is 11.5. The minimum Gasteiger partial charge on any atom is -0.468 e. The van der Waals surface area contributed by atoms with Crippen LogP contribution < -0.4 is 15.4 Å². The van der Waals surface area contributed by atoms with E-state index >= 15 is 0 Å². The van der Waals surface area contributed by atoms with Gasteiger partial charge in [-0.1, -0.05) is 0 Å². The molecule has 2 heterocycles. The number of hydrogen-bond donors (Lipinski definition) is 2. The van der Waals surface area contributed by atoms with Crippen LogP contribution in [0.4, 0.5) is 13.2 Å². The summed E-state index contributed by atoms with van der Waals surface area (Å²) in [5, 5.41) is 10.3. The summed E-state index contributed by atoms with van der Waals surface area (Å²) < 4.78 is 41.1. The van der Waals surface area contributed by atoms with Crippen molar-refractivity contribution in [2.24, 2.45) is 4.99 Å². The van der Waals surface area contributed by atoms with Crippen LogP contribution in [0.3, 0.4) is 0 Å². The predicted molar refractivity (Wildman–Crippen MR) is 87.1 cm³/mol. The topological polar surface area (TPSA) is 58.5 Å². The second-order valence-corrected chi connectivity index (χ2v) is 5.60. The molecule has 0 saturated carbocycles. The number of pyridine rings is 1. The van der Waals surface area contributed by atoms with Crippen molar-refractivity contribution in [2.75, 3.05) is 13.7 Å². The molecule has 0 spiro atoms. The highest BCUT2D eigenvalue weighted by molar-refractivity contribution is 7.07. The van der Waals surface area contributed by atoms with E-state index in [1.54, 1.807) is 24.5 Å². The first-order valence-electron chi connectivity index (χ1n) is 7.06. The number of nitrogens with one attached hydrogen (secondary N) is 2. The lowest BCUT2D eigenvalue weighted by Gasteiger charge is -2.12. The van der Waals surface area contributed by atoms with E-state index in [0.717, 1.165) is 11.1 Å². The van der Waals surface area contributed by atoms with Crippen molar-refractivity contribution in [1.29, 1.82) is 0 Å². The maximum Gasteiger partial charge on any atom is 0.422 e. The first kappa shape index (κ1) is 18.1. The molecule has 0 aliphatic rings. The van der Waals surface area contributed by atoms with Gasteiger partial charge in [-0.25, -0.2) is 4.98 Å². The van der Waals surface area contributed by atoms with Crippen molar-refractivity contribution in [3.05, 3.63) is 46.3 Å². The quantitative estimate of drug-likeness (QED) is 0.616. The molecule has 2 aromatic heterocycles. The number of aliphatic imine (C=N–C) groups is 1. The standard InChI is InChI=1S/C15H17F3N4OS/c1-19-14(22-8-12-3-5-24-9-12)21-7-11-2-4-20-13(6-11)23-10-15(16,17)18/h2-6,9H,7-8,10H2,1H3,(H2,19,21,22). The van der Waals surface area contributed by atoms with E-state index in [0.29, 0.717) is 19.0 Å². The lowest BCUT2D eigenvalue weighted by atomic mass is 10.2. The van der Waals surface area contributed by atoms with Gasteiger partial charge in [-0.2, -0.15) is 24.5 Å². The molecule has 24 heavy (non-hydrogen) atoms. The van der Waals surface area contributed by atoms with E-state index in [-0.39, 0.29) is 5.88 Å². The Morgan fingerprint density at radius 3 is 2.62 bits per heavy atom. The second kappa shape index (κ2) is 8.53. The van der Waals surface area contributed by atoms with Gasteiger partial charge >= 0.3 is 6.18 Å². The van der Waals surface area contributed by atoms with E-state index in [2.05, 4.69) is 25.3 Å². The maximum absolute atomic E-state index is 12.2. The van der Waals surface area contributed by atoms with Gasteiger partial charge in [-0.3, -0.25) is 4.99 Å². The van der Waals surface area contributed by atoms with E-state index in [9.17, 15) is 13.2 Å². The molecule has 0 aromatic carbocycles. The molecule has 0 saturated heterocycles. The summed E-state index contributed by atoms with van der Waals surface area (Å²) in [6.07, 6.45) is -2.98. The summed E-state index contributed by atoms with van der Waals surface area (Å²) in [7, 11) is 1.65. The zero-order valence-corrected chi connectivity index (χ0v) is 13.7. The van der Waals surface area contributed by atoms with Gasteiger partial charge in [-0.05, 0) is 34.0 Å². The average molecular weight is 358 g/mol. The molecular weight excluding hydrogens is 341 g/mol. The van der Waals surface area contributed by atoms with Gasteiger partial charge in [0.25, 0.3) is 0 Å². The van der Waals surface area contributed by atoms with Gasteiger partial charge in [0.15, 0.2) is 12.6 Å². The summed E-state index contributed by atoms with van der Waals surface area (Å²) in [5.74, 6) is 0.531. The van der Waals surface area contributed by atoms with Crippen LogP contribution in [0.5, 0.6) is 5.88 Å². The highest BCUT2D eigenvalue weighted by Crippen LogP contribution is 2.17. The Labute approximate surface area is 141 Å². The number of alkyl halides is 3. The smallest absolute Gasteiger partial charge is 0.422 e. The number of thiophene rings is 1. The summed E-state index contributed by atoms with van der Waals surface area (Å²) in [6.45, 7) is -0.339. The van der Waals surface area contributed by atoms with Crippen LogP contribution >= 0.6 is 11.3 Å². The van der Waals surface area contributed by atoms with Gasteiger partial charge in [0.05, 0.1) is 0 Å². The molecule has 0 amide bonds. The molecule has 0 radical (unpaired) electrons. The van der Waals surface area contributed by atoms with Gasteiger partial charge in [0.1, 0.15) is 0 Å². The molecule has 2 aromatic rings. The van der Waals surface area contributed by atoms with Crippen LogP contribution in [0.1, 0.15) is 11.1 Å². The summed E-state index contributed by atoms with van der Waals surface area (Å²) in [4.78, 5) is 7.86. The van der Waals surface area contributed by atoms with Crippen LogP contribution in [-0.2, 0) is 13.1 Å². The number of halogens is 3. The summed E-state index contributed by atoms with van der Waals surface area (Å²) in [6, 6.07) is 5.17. The van der Waals surface area contributed by atoms with Crippen molar-refractivity contribution < 1.29 is 17.9 Å². The molecule has 0 aliphatic heterocycles. The molecule has 5 nitrogen and oxygen atoms in total. The highest BCUT2D eigenvalue weighted by Gasteiger charge is 2.28. The SMILES string of the molecule is CN=C(NCc1ccsc1)NCc1ccnc(OCC(F)(F)F)c1. The third kappa shape index (κ3) is 6.45. The van der Waals surface area contributed by atoms with Gasteiger partial charge in [0.2, 0.25) is 5.88 Å². The van der Waals surface area contributed by atoms with Crippen LogP contribution in [-0.4, -0.2) is 30.8 Å². The Balaban J connectivity index is 1.83. The molecule has 0 fully saturated rings. The van der Waals surface area contributed by atoms with Gasteiger partial charge < -0.3 is 15.4 Å². The number of rotatable bonds is 6. The molecule has 0 aliphatic carbocycles. The maximum atomic E-state index is 12.2. The number of ether oxygens (including phenoxy) is 1. The van der Waals surface area contributed by atoms with Crippen molar-refractivity contribution in [3.63, 3.8) is 0 Å². The zero-order valence-electron chi connectivity index (χ0n) is 12.9. The molecule has 0 bridgehead atoms. The van der Waals surface area contributed by atoms with Crippen molar-refractivity contribution >= 4 is 17.3 Å². The zero-order chi connectivity index (χ0) is 17.4. The lowest BCUT2D eigenvalue weighted by molar-refractivity contribution is -0.154. The Morgan fingerprint density at radius 2 is 2.00 bits per heavy atom.